The number of hydrogen-bond donors (Lipinski definition) is 2. The molecule has 2 aromatic carbocycles. The van der Waals surface area contributed by atoms with Crippen molar-refractivity contribution in [2.75, 3.05) is 5.32 Å². The van der Waals surface area contributed by atoms with Crippen LogP contribution in [0.15, 0.2) is 42.2 Å². The zero-order valence-corrected chi connectivity index (χ0v) is 7.62. The molecule has 0 aromatic heterocycles. The number of nitrogens with one attached hydrogen (secondary N) is 1. The van der Waals surface area contributed by atoms with Gasteiger partial charge in [-0.15, -0.1) is 0 Å². The molecule has 0 aliphatic carbocycles. The summed E-state index contributed by atoms with van der Waals surface area (Å²) in [6, 6.07) is 12.4. The Hall–Kier alpha value is -1.96. The summed E-state index contributed by atoms with van der Waals surface area (Å²) in [5.74, 6) is 0.705. The van der Waals surface area contributed by atoms with Crippen LogP contribution in [0.3, 0.4) is 0 Å². The molecule has 1 aliphatic rings. The Morgan fingerprint density at radius 1 is 1.00 bits per heavy atom. The summed E-state index contributed by atoms with van der Waals surface area (Å²) in [5, 5.41) is 5.66. The molecule has 0 spiro atoms. The zero-order chi connectivity index (χ0) is 9.54. The van der Waals surface area contributed by atoms with Crippen LogP contribution in [0, 0.1) is 0 Å². The van der Waals surface area contributed by atoms with Crippen LogP contribution in [-0.2, 0) is 0 Å². The first-order valence-electron chi connectivity index (χ1n) is 4.60. The first-order valence-corrected chi connectivity index (χ1v) is 4.60. The summed E-state index contributed by atoms with van der Waals surface area (Å²) in [6.45, 7) is 0. The minimum absolute atomic E-state index is 0.705. The van der Waals surface area contributed by atoms with Gasteiger partial charge in [0.1, 0.15) is 5.82 Å². The lowest BCUT2D eigenvalue weighted by Gasteiger charge is -2.16. The van der Waals surface area contributed by atoms with Gasteiger partial charge < -0.3 is 11.1 Å². The summed E-state index contributed by atoms with van der Waals surface area (Å²) in [4.78, 5) is 0. The molecular formula is C12H10N2. The standard InChI is InChI=1S/C12H10N2/c13-11-7-9-5-1-3-8-4-2-6-10(14-11)12(8)9/h1-7,14H,13H2. The largest absolute Gasteiger partial charge is 0.385 e. The van der Waals surface area contributed by atoms with Gasteiger partial charge in [0, 0.05) is 11.1 Å². The molecule has 0 saturated heterocycles. The van der Waals surface area contributed by atoms with Crippen molar-refractivity contribution in [2.24, 2.45) is 5.73 Å². The van der Waals surface area contributed by atoms with Gasteiger partial charge in [-0.1, -0.05) is 30.3 Å². The number of nitrogens with two attached hydrogens (primary N) is 1. The second kappa shape index (κ2) is 2.51. The average molecular weight is 182 g/mol. The van der Waals surface area contributed by atoms with E-state index in [1.165, 1.54) is 16.3 Å². The van der Waals surface area contributed by atoms with E-state index in [9.17, 15) is 0 Å². The first-order chi connectivity index (χ1) is 6.84. The van der Waals surface area contributed by atoms with Gasteiger partial charge in [-0.3, -0.25) is 0 Å². The van der Waals surface area contributed by atoms with E-state index in [4.69, 9.17) is 5.73 Å². The highest BCUT2D eigenvalue weighted by atomic mass is 15.0. The molecule has 2 heteroatoms. The lowest BCUT2D eigenvalue weighted by atomic mass is 10.0. The fraction of sp³-hybridized carbons (Fsp3) is 0. The molecule has 0 amide bonds. The van der Waals surface area contributed by atoms with Crippen LogP contribution < -0.4 is 11.1 Å². The molecular weight excluding hydrogens is 172 g/mol. The highest BCUT2D eigenvalue weighted by Gasteiger charge is 2.09. The van der Waals surface area contributed by atoms with Gasteiger partial charge in [-0.2, -0.15) is 0 Å². The fourth-order valence-electron chi connectivity index (χ4n) is 1.95. The van der Waals surface area contributed by atoms with Crippen molar-refractivity contribution in [1.82, 2.24) is 0 Å². The molecule has 0 saturated carbocycles. The van der Waals surface area contributed by atoms with Crippen LogP contribution in [0.1, 0.15) is 5.56 Å². The van der Waals surface area contributed by atoms with E-state index in [2.05, 4.69) is 29.6 Å². The Morgan fingerprint density at radius 3 is 2.64 bits per heavy atom. The van der Waals surface area contributed by atoms with Crippen LogP contribution in [0.25, 0.3) is 16.8 Å². The van der Waals surface area contributed by atoms with E-state index in [0.29, 0.717) is 5.82 Å². The number of benzene rings is 2. The van der Waals surface area contributed by atoms with Crippen molar-refractivity contribution in [2.45, 2.75) is 0 Å². The number of hydrogen-bond acceptors (Lipinski definition) is 2. The number of anilines is 1. The maximum Gasteiger partial charge on any atom is 0.101 e. The molecule has 0 unspecified atom stereocenters. The van der Waals surface area contributed by atoms with Crippen molar-refractivity contribution in [3.8, 4) is 0 Å². The predicted molar refractivity (Wildman–Crippen MR) is 59.7 cm³/mol. The molecule has 1 aliphatic heterocycles. The molecule has 2 aromatic rings. The highest BCUT2D eigenvalue weighted by molar-refractivity contribution is 6.02. The molecule has 14 heavy (non-hydrogen) atoms. The van der Waals surface area contributed by atoms with Crippen molar-refractivity contribution in [1.29, 1.82) is 0 Å². The van der Waals surface area contributed by atoms with E-state index < -0.39 is 0 Å². The molecule has 0 radical (unpaired) electrons. The summed E-state index contributed by atoms with van der Waals surface area (Å²) in [7, 11) is 0. The molecule has 3 N–H and O–H groups in total. The second-order valence-corrected chi connectivity index (χ2v) is 3.48. The Morgan fingerprint density at radius 2 is 1.79 bits per heavy atom. The Labute approximate surface area is 82.0 Å². The van der Waals surface area contributed by atoms with E-state index in [1.54, 1.807) is 0 Å². The van der Waals surface area contributed by atoms with E-state index >= 15 is 0 Å². The minimum atomic E-state index is 0.705. The molecule has 68 valence electrons. The third-order valence-corrected chi connectivity index (χ3v) is 2.53. The van der Waals surface area contributed by atoms with Crippen molar-refractivity contribution in [3.05, 3.63) is 47.8 Å². The average Bonchev–Trinajstić information content (AvgIpc) is 2.18. The third-order valence-electron chi connectivity index (χ3n) is 2.53. The van der Waals surface area contributed by atoms with Crippen LogP contribution >= 0.6 is 0 Å². The van der Waals surface area contributed by atoms with Gasteiger partial charge in [0.25, 0.3) is 0 Å². The Kier molecular flexibility index (Phi) is 1.34. The van der Waals surface area contributed by atoms with Gasteiger partial charge in [0.15, 0.2) is 0 Å². The molecule has 1 heterocycles. The van der Waals surface area contributed by atoms with E-state index in [-0.39, 0.29) is 0 Å². The van der Waals surface area contributed by atoms with Gasteiger partial charge in [0.05, 0.1) is 0 Å². The minimum Gasteiger partial charge on any atom is -0.385 e. The van der Waals surface area contributed by atoms with E-state index in [0.717, 1.165) is 5.69 Å². The predicted octanol–water partition coefficient (Wildman–Crippen LogP) is 2.52. The monoisotopic (exact) mass is 182 g/mol. The zero-order valence-electron chi connectivity index (χ0n) is 7.62. The summed E-state index contributed by atoms with van der Waals surface area (Å²) in [5.41, 5.74) is 8.06. The fourth-order valence-corrected chi connectivity index (χ4v) is 1.95. The van der Waals surface area contributed by atoms with Crippen molar-refractivity contribution < 1.29 is 0 Å². The smallest absolute Gasteiger partial charge is 0.101 e. The van der Waals surface area contributed by atoms with Crippen LogP contribution in [0.5, 0.6) is 0 Å². The molecule has 0 fully saturated rings. The molecule has 2 nitrogen and oxygen atoms in total. The highest BCUT2D eigenvalue weighted by Crippen LogP contribution is 2.31. The van der Waals surface area contributed by atoms with Crippen LogP contribution in [0.4, 0.5) is 5.69 Å². The Bertz CT molecular complexity index is 536. The third kappa shape index (κ3) is 0.909. The van der Waals surface area contributed by atoms with Gasteiger partial charge >= 0.3 is 0 Å². The van der Waals surface area contributed by atoms with Gasteiger partial charge in [-0.05, 0) is 23.1 Å². The summed E-state index contributed by atoms with van der Waals surface area (Å²) >= 11 is 0. The maximum atomic E-state index is 5.77. The second-order valence-electron chi connectivity index (χ2n) is 3.48. The quantitative estimate of drug-likeness (QED) is 0.657. The molecule has 3 rings (SSSR count). The summed E-state index contributed by atoms with van der Waals surface area (Å²) in [6.07, 6.45) is 1.97. The van der Waals surface area contributed by atoms with E-state index in [1.807, 2.05) is 18.2 Å². The Balaban J connectivity index is 2.50. The lowest BCUT2D eigenvalue weighted by Crippen LogP contribution is -2.12. The van der Waals surface area contributed by atoms with Gasteiger partial charge in [0.2, 0.25) is 0 Å². The molecule has 0 atom stereocenters. The normalized spacial score (nSPS) is 13.6. The van der Waals surface area contributed by atoms with Crippen molar-refractivity contribution in [3.63, 3.8) is 0 Å². The lowest BCUT2D eigenvalue weighted by molar-refractivity contribution is 1.33. The first kappa shape index (κ1) is 7.44. The van der Waals surface area contributed by atoms with Crippen molar-refractivity contribution >= 4 is 22.5 Å². The van der Waals surface area contributed by atoms with Crippen LogP contribution in [-0.4, -0.2) is 0 Å². The number of rotatable bonds is 0. The van der Waals surface area contributed by atoms with Gasteiger partial charge in [-0.25, -0.2) is 0 Å². The molecule has 0 bridgehead atoms. The van der Waals surface area contributed by atoms with Crippen LogP contribution in [0.2, 0.25) is 0 Å². The SMILES string of the molecule is NC1=Cc2cccc3cccc(c23)N1. The summed E-state index contributed by atoms with van der Waals surface area (Å²) < 4.78 is 0. The maximum absolute atomic E-state index is 5.77. The topological polar surface area (TPSA) is 38.0 Å².